The van der Waals surface area contributed by atoms with E-state index in [1.54, 1.807) is 29.4 Å². The zero-order valence-corrected chi connectivity index (χ0v) is 23.1. The van der Waals surface area contributed by atoms with Crippen molar-refractivity contribution in [3.05, 3.63) is 123 Å². The Bertz CT molecular complexity index is 1740. The number of nitrogens with zero attached hydrogens (tertiary/aromatic N) is 5. The van der Waals surface area contributed by atoms with Gasteiger partial charge in [-0.1, -0.05) is 35.9 Å². The van der Waals surface area contributed by atoms with Crippen LogP contribution in [0.15, 0.2) is 84.3 Å². The molecule has 41 heavy (non-hydrogen) atoms. The summed E-state index contributed by atoms with van der Waals surface area (Å²) in [7, 11) is 0. The number of pyridine rings is 1. The molecule has 0 aliphatic carbocycles. The van der Waals surface area contributed by atoms with Crippen LogP contribution in [-0.4, -0.2) is 36.8 Å². The minimum absolute atomic E-state index is 0.120. The van der Waals surface area contributed by atoms with Gasteiger partial charge in [-0.2, -0.15) is 5.10 Å². The minimum atomic E-state index is -0.226. The number of halogens is 1. The molecule has 1 saturated heterocycles. The Balaban J connectivity index is 1.13. The third-order valence-electron chi connectivity index (χ3n) is 7.23. The number of carbonyl (C=O) groups is 1. The van der Waals surface area contributed by atoms with E-state index in [-0.39, 0.29) is 24.2 Å². The van der Waals surface area contributed by atoms with E-state index < -0.39 is 0 Å². The SMILES string of the molecule is O=C(NCc1nn(C2CCCCO2)c2ccc(Cl)cc12)c1cncc(Cc2ccc(Cn3ccncc3=O)cc2)c1. The summed E-state index contributed by atoms with van der Waals surface area (Å²) in [4.78, 5) is 33.2. The molecule has 4 heterocycles. The second kappa shape index (κ2) is 12.0. The molecule has 1 atom stereocenters. The number of hydrogen-bond acceptors (Lipinski definition) is 6. The van der Waals surface area contributed by atoms with E-state index in [2.05, 4.69) is 15.3 Å². The van der Waals surface area contributed by atoms with E-state index >= 15 is 0 Å². The third kappa shape index (κ3) is 6.21. The lowest BCUT2D eigenvalue weighted by molar-refractivity contribution is -0.0369. The van der Waals surface area contributed by atoms with Crippen molar-refractivity contribution in [2.75, 3.05) is 6.61 Å². The molecule has 1 aliphatic rings. The molecule has 0 bridgehead atoms. The van der Waals surface area contributed by atoms with Crippen LogP contribution in [0, 0.1) is 0 Å². The number of amides is 1. The number of ether oxygens (including phenoxy) is 1. The highest BCUT2D eigenvalue weighted by atomic mass is 35.5. The van der Waals surface area contributed by atoms with Crippen LogP contribution in [0.3, 0.4) is 0 Å². The van der Waals surface area contributed by atoms with E-state index in [1.165, 1.54) is 6.20 Å². The fourth-order valence-corrected chi connectivity index (χ4v) is 5.29. The van der Waals surface area contributed by atoms with E-state index in [0.29, 0.717) is 30.2 Å². The molecule has 9 nitrogen and oxygen atoms in total. The van der Waals surface area contributed by atoms with Gasteiger partial charge >= 0.3 is 0 Å². The Morgan fingerprint density at radius 1 is 1.00 bits per heavy atom. The average molecular weight is 569 g/mol. The molecular weight excluding hydrogens is 540 g/mol. The Kier molecular flexibility index (Phi) is 7.89. The molecule has 10 heteroatoms. The first kappa shape index (κ1) is 26.9. The number of nitrogens with one attached hydrogen (secondary N) is 1. The van der Waals surface area contributed by atoms with E-state index in [0.717, 1.165) is 52.5 Å². The van der Waals surface area contributed by atoms with E-state index in [9.17, 15) is 9.59 Å². The van der Waals surface area contributed by atoms with Gasteiger partial charge in [0.2, 0.25) is 0 Å². The maximum Gasteiger partial charge on any atom is 0.269 e. The molecule has 1 amide bonds. The van der Waals surface area contributed by atoms with Crippen molar-refractivity contribution >= 4 is 28.4 Å². The largest absolute Gasteiger partial charge is 0.356 e. The predicted octanol–water partition coefficient (Wildman–Crippen LogP) is 4.91. The summed E-state index contributed by atoms with van der Waals surface area (Å²) in [6, 6.07) is 15.6. The van der Waals surface area contributed by atoms with Crippen molar-refractivity contribution in [3.8, 4) is 0 Å². The first-order chi connectivity index (χ1) is 20.0. The van der Waals surface area contributed by atoms with Gasteiger partial charge in [-0.05, 0) is 66.6 Å². The van der Waals surface area contributed by atoms with Crippen molar-refractivity contribution in [1.82, 2.24) is 29.6 Å². The molecule has 0 radical (unpaired) electrons. The second-order valence-electron chi connectivity index (χ2n) is 10.2. The maximum atomic E-state index is 13.1. The monoisotopic (exact) mass is 568 g/mol. The molecule has 1 unspecified atom stereocenters. The fraction of sp³-hybridized carbons (Fsp3) is 0.258. The molecule has 2 aromatic carbocycles. The number of hydrogen-bond donors (Lipinski definition) is 1. The van der Waals surface area contributed by atoms with Crippen molar-refractivity contribution in [2.24, 2.45) is 0 Å². The topological polar surface area (TPSA) is 104 Å². The van der Waals surface area contributed by atoms with Crippen molar-refractivity contribution in [2.45, 2.75) is 45.0 Å². The van der Waals surface area contributed by atoms with Gasteiger partial charge < -0.3 is 14.6 Å². The number of benzene rings is 2. The normalized spacial score (nSPS) is 15.2. The highest BCUT2D eigenvalue weighted by Gasteiger charge is 2.21. The summed E-state index contributed by atoms with van der Waals surface area (Å²) in [6.45, 7) is 1.44. The lowest BCUT2D eigenvalue weighted by Gasteiger charge is -2.23. The average Bonchev–Trinajstić information content (AvgIpc) is 3.36. The summed E-state index contributed by atoms with van der Waals surface area (Å²) in [6.07, 6.45) is 11.5. The molecule has 1 fully saturated rings. The van der Waals surface area contributed by atoms with Gasteiger partial charge in [-0.15, -0.1) is 0 Å². The molecule has 5 aromatic rings. The van der Waals surface area contributed by atoms with Crippen LogP contribution in [0.2, 0.25) is 5.02 Å². The van der Waals surface area contributed by atoms with E-state index in [1.807, 2.05) is 53.2 Å². The van der Waals surface area contributed by atoms with Crippen LogP contribution in [0.4, 0.5) is 0 Å². The first-order valence-corrected chi connectivity index (χ1v) is 14.0. The van der Waals surface area contributed by atoms with Gasteiger partial charge in [0.1, 0.15) is 0 Å². The maximum absolute atomic E-state index is 13.1. The smallest absolute Gasteiger partial charge is 0.269 e. The Morgan fingerprint density at radius 3 is 2.66 bits per heavy atom. The Morgan fingerprint density at radius 2 is 1.85 bits per heavy atom. The molecule has 0 saturated carbocycles. The lowest BCUT2D eigenvalue weighted by Crippen LogP contribution is -2.24. The summed E-state index contributed by atoms with van der Waals surface area (Å²) >= 11 is 6.30. The van der Waals surface area contributed by atoms with Crippen LogP contribution in [0.5, 0.6) is 0 Å². The zero-order chi connectivity index (χ0) is 28.2. The zero-order valence-electron chi connectivity index (χ0n) is 22.4. The van der Waals surface area contributed by atoms with E-state index in [4.69, 9.17) is 21.4 Å². The predicted molar refractivity (Wildman–Crippen MR) is 156 cm³/mol. The number of aromatic nitrogens is 5. The van der Waals surface area contributed by atoms with Gasteiger partial charge in [0, 0.05) is 41.8 Å². The number of carbonyl (C=O) groups excluding carboxylic acids is 1. The standard InChI is InChI=1S/C31H29ClN6O3/c32-25-8-9-28-26(15-25)27(36-38(28)30-3-1-2-12-41-30)18-35-31(40)24-14-23(16-34-17-24)13-21-4-6-22(7-5-21)20-37-11-10-33-19-29(37)39/h4-11,14-17,19,30H,1-3,12-13,18,20H2,(H,35,40). The number of rotatable bonds is 8. The summed E-state index contributed by atoms with van der Waals surface area (Å²) in [5.74, 6) is -0.226. The van der Waals surface area contributed by atoms with Crippen LogP contribution in [0.1, 0.15) is 58.2 Å². The van der Waals surface area contributed by atoms with Gasteiger partial charge in [0.05, 0.1) is 36.1 Å². The van der Waals surface area contributed by atoms with Gasteiger partial charge in [-0.3, -0.25) is 19.6 Å². The van der Waals surface area contributed by atoms with Crippen LogP contribution in [-0.2, 0) is 24.2 Å². The quantitative estimate of drug-likeness (QED) is 0.285. The molecule has 1 aliphatic heterocycles. The van der Waals surface area contributed by atoms with Crippen LogP contribution >= 0.6 is 11.6 Å². The third-order valence-corrected chi connectivity index (χ3v) is 7.47. The summed E-state index contributed by atoms with van der Waals surface area (Å²) in [5.41, 5.74) is 5.03. The number of fused-ring (bicyclic) bond motifs is 1. The van der Waals surface area contributed by atoms with Crippen molar-refractivity contribution in [3.63, 3.8) is 0 Å². The second-order valence-corrected chi connectivity index (χ2v) is 10.6. The minimum Gasteiger partial charge on any atom is -0.356 e. The van der Waals surface area contributed by atoms with Gasteiger partial charge in [0.25, 0.3) is 11.5 Å². The first-order valence-electron chi connectivity index (χ1n) is 13.6. The Hall–Kier alpha value is -4.34. The highest BCUT2D eigenvalue weighted by molar-refractivity contribution is 6.31. The van der Waals surface area contributed by atoms with Crippen molar-refractivity contribution < 1.29 is 9.53 Å². The van der Waals surface area contributed by atoms with Gasteiger partial charge in [-0.25, -0.2) is 4.68 Å². The molecule has 3 aromatic heterocycles. The van der Waals surface area contributed by atoms with Crippen molar-refractivity contribution in [1.29, 1.82) is 0 Å². The molecule has 6 rings (SSSR count). The van der Waals surface area contributed by atoms with Crippen LogP contribution < -0.4 is 10.9 Å². The summed E-state index contributed by atoms with van der Waals surface area (Å²) in [5, 5.41) is 9.33. The molecule has 1 N–H and O–H groups in total. The molecular formula is C31H29ClN6O3. The Labute approximate surface area is 241 Å². The highest BCUT2D eigenvalue weighted by Crippen LogP contribution is 2.29. The lowest BCUT2D eigenvalue weighted by atomic mass is 10.0. The van der Waals surface area contributed by atoms with Crippen LogP contribution in [0.25, 0.3) is 10.9 Å². The molecule has 208 valence electrons. The summed E-state index contributed by atoms with van der Waals surface area (Å²) < 4.78 is 9.49. The fourth-order valence-electron chi connectivity index (χ4n) is 5.12. The molecule has 0 spiro atoms. The van der Waals surface area contributed by atoms with Gasteiger partial charge in [0.15, 0.2) is 6.23 Å².